The summed E-state index contributed by atoms with van der Waals surface area (Å²) >= 11 is 0. The maximum atomic E-state index is 12.0. The van der Waals surface area contributed by atoms with Crippen LogP contribution in [0.1, 0.15) is 37.0 Å². The van der Waals surface area contributed by atoms with Crippen LogP contribution in [0.2, 0.25) is 0 Å². The molecule has 1 aromatic rings. The molecule has 1 heterocycles. The topological polar surface area (TPSA) is 73.2 Å². The molecule has 0 bridgehead atoms. The predicted molar refractivity (Wildman–Crippen MR) is 69.7 cm³/mol. The molecule has 1 aromatic heterocycles. The number of rotatable bonds is 5. The van der Waals surface area contributed by atoms with Gasteiger partial charge in [0.25, 0.3) is 0 Å². The summed E-state index contributed by atoms with van der Waals surface area (Å²) in [5, 5.41) is 6.82. The highest BCUT2D eigenvalue weighted by Crippen LogP contribution is 2.37. The first kappa shape index (κ1) is 13.6. The Bertz CT molecular complexity index is 491. The third-order valence-corrected chi connectivity index (χ3v) is 3.31. The van der Waals surface area contributed by atoms with Gasteiger partial charge in [-0.3, -0.25) is 9.48 Å². The van der Waals surface area contributed by atoms with Crippen molar-refractivity contribution in [1.82, 2.24) is 9.78 Å². The van der Waals surface area contributed by atoms with E-state index < -0.39 is 5.97 Å². The molecule has 0 radical (unpaired) electrons. The van der Waals surface area contributed by atoms with Gasteiger partial charge < -0.3 is 10.1 Å². The first-order chi connectivity index (χ1) is 9.02. The lowest BCUT2D eigenvalue weighted by atomic mass is 10.1. The molecule has 0 aliphatic heterocycles. The molecule has 6 nitrogen and oxygen atoms in total. The first-order valence-electron chi connectivity index (χ1n) is 6.54. The van der Waals surface area contributed by atoms with Crippen molar-refractivity contribution in [2.45, 2.75) is 26.7 Å². The molecule has 104 valence electrons. The van der Waals surface area contributed by atoms with Crippen LogP contribution in [0.4, 0.5) is 5.82 Å². The SMILES string of the molecule is CCOC(=O)c1cn(C)nc1NC(=O)[C@@H](C)C1CC1. The molecule has 1 saturated carbocycles. The van der Waals surface area contributed by atoms with E-state index in [2.05, 4.69) is 10.4 Å². The second-order valence-electron chi connectivity index (χ2n) is 4.90. The highest BCUT2D eigenvalue weighted by atomic mass is 16.5. The van der Waals surface area contributed by atoms with E-state index in [1.807, 2.05) is 6.92 Å². The largest absolute Gasteiger partial charge is 0.462 e. The fourth-order valence-electron chi connectivity index (χ4n) is 1.98. The molecule has 1 atom stereocenters. The summed E-state index contributed by atoms with van der Waals surface area (Å²) in [7, 11) is 1.70. The van der Waals surface area contributed by atoms with Crippen molar-refractivity contribution in [2.75, 3.05) is 11.9 Å². The summed E-state index contributed by atoms with van der Waals surface area (Å²) in [6, 6.07) is 0. The minimum atomic E-state index is -0.468. The smallest absolute Gasteiger partial charge is 0.343 e. The normalized spacial score (nSPS) is 15.9. The van der Waals surface area contributed by atoms with Gasteiger partial charge in [0.05, 0.1) is 6.61 Å². The quantitative estimate of drug-likeness (QED) is 0.820. The van der Waals surface area contributed by atoms with E-state index in [1.165, 1.54) is 4.68 Å². The number of aromatic nitrogens is 2. The van der Waals surface area contributed by atoms with Crippen LogP contribution in [0.5, 0.6) is 0 Å². The number of carbonyl (C=O) groups excluding carboxylic acids is 2. The van der Waals surface area contributed by atoms with Crippen molar-refractivity contribution in [2.24, 2.45) is 18.9 Å². The lowest BCUT2D eigenvalue weighted by Gasteiger charge is -2.10. The second-order valence-corrected chi connectivity index (χ2v) is 4.90. The number of carbonyl (C=O) groups is 2. The predicted octanol–water partition coefficient (Wildman–Crippen LogP) is 1.58. The molecule has 1 aliphatic carbocycles. The van der Waals surface area contributed by atoms with Crippen molar-refractivity contribution in [3.8, 4) is 0 Å². The molecule has 0 unspecified atom stereocenters. The molecule has 0 aromatic carbocycles. The molecule has 2 rings (SSSR count). The van der Waals surface area contributed by atoms with E-state index in [4.69, 9.17) is 4.74 Å². The van der Waals surface area contributed by atoms with Gasteiger partial charge in [-0.15, -0.1) is 0 Å². The summed E-state index contributed by atoms with van der Waals surface area (Å²) < 4.78 is 6.43. The molecule has 1 fully saturated rings. The highest BCUT2D eigenvalue weighted by molar-refractivity contribution is 6.00. The standard InChI is InChI=1S/C13H19N3O3/c1-4-19-13(18)10-7-16(3)15-11(10)14-12(17)8(2)9-5-6-9/h7-9H,4-6H2,1-3H3,(H,14,15,17)/t8-/m0/s1. The summed E-state index contributed by atoms with van der Waals surface area (Å²) in [6.45, 7) is 3.93. The van der Waals surface area contributed by atoms with Crippen LogP contribution in [-0.2, 0) is 16.6 Å². The Kier molecular flexibility index (Phi) is 3.87. The lowest BCUT2D eigenvalue weighted by Crippen LogP contribution is -2.23. The molecule has 1 N–H and O–H groups in total. The van der Waals surface area contributed by atoms with Crippen LogP contribution in [0.25, 0.3) is 0 Å². The van der Waals surface area contributed by atoms with Gasteiger partial charge in [0, 0.05) is 19.2 Å². The Labute approximate surface area is 112 Å². The van der Waals surface area contributed by atoms with Gasteiger partial charge in [0.15, 0.2) is 5.82 Å². The Morgan fingerprint density at radius 3 is 2.84 bits per heavy atom. The van der Waals surface area contributed by atoms with Crippen LogP contribution in [0.3, 0.4) is 0 Å². The zero-order chi connectivity index (χ0) is 14.0. The van der Waals surface area contributed by atoms with Gasteiger partial charge in [0.2, 0.25) is 5.91 Å². The molecule has 1 amide bonds. The number of nitrogens with one attached hydrogen (secondary N) is 1. The molecule has 0 spiro atoms. The maximum Gasteiger partial charge on any atom is 0.343 e. The van der Waals surface area contributed by atoms with E-state index in [0.717, 1.165) is 12.8 Å². The third-order valence-electron chi connectivity index (χ3n) is 3.31. The number of ether oxygens (including phenoxy) is 1. The van der Waals surface area contributed by atoms with Crippen molar-refractivity contribution in [3.05, 3.63) is 11.8 Å². The average molecular weight is 265 g/mol. The fourth-order valence-corrected chi connectivity index (χ4v) is 1.98. The van der Waals surface area contributed by atoms with E-state index in [1.54, 1.807) is 20.2 Å². The van der Waals surface area contributed by atoms with Crippen molar-refractivity contribution in [3.63, 3.8) is 0 Å². The van der Waals surface area contributed by atoms with Crippen molar-refractivity contribution >= 4 is 17.7 Å². The Hall–Kier alpha value is -1.85. The molecule has 6 heteroatoms. The number of hydrogen-bond acceptors (Lipinski definition) is 4. The summed E-state index contributed by atoms with van der Waals surface area (Å²) in [6.07, 6.45) is 3.75. The second kappa shape index (κ2) is 5.42. The zero-order valence-electron chi connectivity index (χ0n) is 11.5. The number of aryl methyl sites for hydroxylation is 1. The van der Waals surface area contributed by atoms with Gasteiger partial charge in [0.1, 0.15) is 5.56 Å². The van der Waals surface area contributed by atoms with Crippen LogP contribution in [-0.4, -0.2) is 28.3 Å². The fraction of sp³-hybridized carbons (Fsp3) is 0.615. The van der Waals surface area contributed by atoms with E-state index >= 15 is 0 Å². The molecular weight excluding hydrogens is 246 g/mol. The summed E-state index contributed by atoms with van der Waals surface area (Å²) in [4.78, 5) is 23.8. The Balaban J connectivity index is 2.10. The van der Waals surface area contributed by atoms with E-state index in [9.17, 15) is 9.59 Å². The summed E-state index contributed by atoms with van der Waals surface area (Å²) in [5.41, 5.74) is 0.292. The van der Waals surface area contributed by atoms with Gasteiger partial charge in [-0.05, 0) is 25.7 Å². The summed E-state index contributed by atoms with van der Waals surface area (Å²) in [5.74, 6) is 0.141. The lowest BCUT2D eigenvalue weighted by molar-refractivity contribution is -0.119. The van der Waals surface area contributed by atoms with E-state index in [0.29, 0.717) is 18.1 Å². The molecule has 0 saturated heterocycles. The number of anilines is 1. The van der Waals surface area contributed by atoms with Gasteiger partial charge in [-0.2, -0.15) is 5.10 Å². The van der Waals surface area contributed by atoms with E-state index in [-0.39, 0.29) is 17.6 Å². The van der Waals surface area contributed by atoms with Crippen LogP contribution < -0.4 is 5.32 Å². The number of hydrogen-bond donors (Lipinski definition) is 1. The Morgan fingerprint density at radius 2 is 2.26 bits per heavy atom. The van der Waals surface area contributed by atoms with Crippen molar-refractivity contribution < 1.29 is 14.3 Å². The monoisotopic (exact) mass is 265 g/mol. The van der Waals surface area contributed by atoms with Gasteiger partial charge in [-0.1, -0.05) is 6.92 Å². The van der Waals surface area contributed by atoms with Gasteiger partial charge in [-0.25, -0.2) is 4.79 Å². The zero-order valence-corrected chi connectivity index (χ0v) is 11.5. The molecular formula is C13H19N3O3. The van der Waals surface area contributed by atoms with Crippen LogP contribution in [0, 0.1) is 11.8 Å². The van der Waals surface area contributed by atoms with Crippen LogP contribution >= 0.6 is 0 Å². The van der Waals surface area contributed by atoms with Crippen molar-refractivity contribution in [1.29, 1.82) is 0 Å². The molecule has 19 heavy (non-hydrogen) atoms. The van der Waals surface area contributed by atoms with Gasteiger partial charge >= 0.3 is 5.97 Å². The number of esters is 1. The highest BCUT2D eigenvalue weighted by Gasteiger charge is 2.33. The minimum absolute atomic E-state index is 0.0444. The number of nitrogens with zero attached hydrogens (tertiary/aromatic N) is 2. The Morgan fingerprint density at radius 1 is 1.58 bits per heavy atom. The first-order valence-corrected chi connectivity index (χ1v) is 6.54. The molecule has 1 aliphatic rings. The maximum absolute atomic E-state index is 12.0. The minimum Gasteiger partial charge on any atom is -0.462 e. The third kappa shape index (κ3) is 3.13. The number of amides is 1. The van der Waals surface area contributed by atoms with Crippen LogP contribution in [0.15, 0.2) is 6.20 Å². The average Bonchev–Trinajstić information content (AvgIpc) is 3.13.